The number of hydrogen-bond acceptors (Lipinski definition) is 4. The highest BCUT2D eigenvalue weighted by Crippen LogP contribution is 2.27. The number of nitrogens with zero attached hydrogens (tertiary/aromatic N) is 2. The molecule has 0 radical (unpaired) electrons. The Bertz CT molecular complexity index is 572. The van der Waals surface area contributed by atoms with Crippen molar-refractivity contribution in [2.75, 3.05) is 0 Å². The SMILES string of the molecule is Cc1cc(C)c(CN)c(Oc2cncc(Br)c2)n1. The molecule has 4 nitrogen and oxygen atoms in total. The number of halogens is 1. The Balaban J connectivity index is 2.39. The first-order valence-electron chi connectivity index (χ1n) is 5.55. The molecule has 0 aromatic carbocycles. The highest BCUT2D eigenvalue weighted by Gasteiger charge is 2.10. The molecule has 0 fully saturated rings. The van der Waals surface area contributed by atoms with Crippen molar-refractivity contribution in [1.82, 2.24) is 9.97 Å². The van der Waals surface area contributed by atoms with Crippen molar-refractivity contribution in [2.24, 2.45) is 5.73 Å². The smallest absolute Gasteiger partial charge is 0.224 e. The molecule has 2 heterocycles. The molecule has 0 unspecified atom stereocenters. The molecule has 2 rings (SSSR count). The number of rotatable bonds is 3. The first kappa shape index (κ1) is 13.0. The van der Waals surface area contributed by atoms with E-state index in [1.807, 2.05) is 26.0 Å². The molecule has 0 saturated heterocycles. The molecule has 18 heavy (non-hydrogen) atoms. The Labute approximate surface area is 114 Å². The molecule has 0 aliphatic carbocycles. The van der Waals surface area contributed by atoms with E-state index >= 15 is 0 Å². The van der Waals surface area contributed by atoms with Crippen LogP contribution in [0.3, 0.4) is 0 Å². The Hall–Kier alpha value is -1.46. The van der Waals surface area contributed by atoms with Gasteiger partial charge in [0.2, 0.25) is 5.88 Å². The average Bonchev–Trinajstić information content (AvgIpc) is 2.28. The van der Waals surface area contributed by atoms with Crippen LogP contribution in [0.5, 0.6) is 11.6 Å². The first-order valence-corrected chi connectivity index (χ1v) is 6.35. The topological polar surface area (TPSA) is 61.0 Å². The highest BCUT2D eigenvalue weighted by atomic mass is 79.9. The molecule has 2 aromatic heterocycles. The van der Waals surface area contributed by atoms with Crippen molar-refractivity contribution in [3.05, 3.63) is 45.8 Å². The molecule has 0 bridgehead atoms. The molecule has 0 aliphatic rings. The lowest BCUT2D eigenvalue weighted by atomic mass is 10.1. The van der Waals surface area contributed by atoms with E-state index in [4.69, 9.17) is 10.5 Å². The van der Waals surface area contributed by atoms with Gasteiger partial charge in [-0.15, -0.1) is 0 Å². The second kappa shape index (κ2) is 5.46. The Morgan fingerprint density at radius 1 is 1.28 bits per heavy atom. The van der Waals surface area contributed by atoms with Gasteiger partial charge < -0.3 is 10.5 Å². The fraction of sp³-hybridized carbons (Fsp3) is 0.231. The van der Waals surface area contributed by atoms with Gasteiger partial charge in [0.15, 0.2) is 0 Å². The van der Waals surface area contributed by atoms with Crippen molar-refractivity contribution < 1.29 is 4.74 Å². The molecule has 5 heteroatoms. The average molecular weight is 308 g/mol. The predicted octanol–water partition coefficient (Wildman–Crippen LogP) is 3.11. The predicted molar refractivity (Wildman–Crippen MR) is 73.6 cm³/mol. The molecule has 0 saturated carbocycles. The Morgan fingerprint density at radius 3 is 2.72 bits per heavy atom. The number of nitrogens with two attached hydrogens (primary N) is 1. The van der Waals surface area contributed by atoms with Gasteiger partial charge in [-0.3, -0.25) is 4.98 Å². The van der Waals surface area contributed by atoms with Gasteiger partial charge in [-0.25, -0.2) is 4.98 Å². The number of hydrogen-bond donors (Lipinski definition) is 1. The summed E-state index contributed by atoms with van der Waals surface area (Å²) in [6.45, 7) is 4.33. The van der Waals surface area contributed by atoms with Gasteiger partial charge in [0.25, 0.3) is 0 Å². The zero-order chi connectivity index (χ0) is 13.1. The van der Waals surface area contributed by atoms with Crippen LogP contribution in [0.1, 0.15) is 16.8 Å². The second-order valence-electron chi connectivity index (χ2n) is 4.01. The third kappa shape index (κ3) is 2.86. The third-order valence-electron chi connectivity index (χ3n) is 2.54. The van der Waals surface area contributed by atoms with Gasteiger partial charge in [0.1, 0.15) is 5.75 Å². The lowest BCUT2D eigenvalue weighted by molar-refractivity contribution is 0.452. The van der Waals surface area contributed by atoms with Crippen LogP contribution in [0.25, 0.3) is 0 Å². The summed E-state index contributed by atoms with van der Waals surface area (Å²) in [5, 5.41) is 0. The molecule has 0 spiro atoms. The van der Waals surface area contributed by atoms with Crippen LogP contribution < -0.4 is 10.5 Å². The number of ether oxygens (including phenoxy) is 1. The largest absolute Gasteiger partial charge is 0.437 e. The Morgan fingerprint density at radius 2 is 2.06 bits per heavy atom. The summed E-state index contributed by atoms with van der Waals surface area (Å²) in [6, 6.07) is 3.83. The van der Waals surface area contributed by atoms with Crippen LogP contribution in [-0.4, -0.2) is 9.97 Å². The molecule has 0 aliphatic heterocycles. The number of aryl methyl sites for hydroxylation is 2. The van der Waals surface area contributed by atoms with Crippen molar-refractivity contribution >= 4 is 15.9 Å². The molecule has 2 aromatic rings. The van der Waals surface area contributed by atoms with Crippen molar-refractivity contribution in [1.29, 1.82) is 0 Å². The fourth-order valence-electron chi connectivity index (χ4n) is 1.72. The van der Waals surface area contributed by atoms with Gasteiger partial charge in [-0.1, -0.05) is 0 Å². The lowest BCUT2D eigenvalue weighted by Crippen LogP contribution is -2.05. The maximum atomic E-state index is 5.76. The van der Waals surface area contributed by atoms with Gasteiger partial charge >= 0.3 is 0 Å². The van der Waals surface area contributed by atoms with Crippen LogP contribution >= 0.6 is 15.9 Å². The maximum Gasteiger partial charge on any atom is 0.224 e. The fourth-order valence-corrected chi connectivity index (χ4v) is 2.07. The summed E-state index contributed by atoms with van der Waals surface area (Å²) in [6.07, 6.45) is 3.34. The van der Waals surface area contributed by atoms with Crippen LogP contribution in [0.4, 0.5) is 0 Å². The van der Waals surface area contributed by atoms with Crippen LogP contribution in [0.2, 0.25) is 0 Å². The summed E-state index contributed by atoms with van der Waals surface area (Å²) in [5.41, 5.74) is 8.65. The van der Waals surface area contributed by atoms with Gasteiger partial charge in [-0.2, -0.15) is 0 Å². The Kier molecular flexibility index (Phi) is 3.93. The molecule has 94 valence electrons. The summed E-state index contributed by atoms with van der Waals surface area (Å²) in [4.78, 5) is 8.43. The minimum Gasteiger partial charge on any atom is -0.437 e. The maximum absolute atomic E-state index is 5.76. The standard InChI is InChI=1S/C13H14BrN3O/c1-8-3-9(2)17-13(12(8)5-15)18-11-4-10(14)6-16-7-11/h3-4,6-7H,5,15H2,1-2H3. The zero-order valence-corrected chi connectivity index (χ0v) is 11.9. The van der Waals surface area contributed by atoms with Crippen molar-refractivity contribution in [3.8, 4) is 11.6 Å². The summed E-state index contributed by atoms with van der Waals surface area (Å²) in [7, 11) is 0. The van der Waals surface area contributed by atoms with E-state index in [1.165, 1.54) is 0 Å². The van der Waals surface area contributed by atoms with Gasteiger partial charge in [0, 0.05) is 28.5 Å². The van der Waals surface area contributed by atoms with Crippen LogP contribution in [0, 0.1) is 13.8 Å². The minimum atomic E-state index is 0.399. The molecular formula is C13H14BrN3O. The minimum absolute atomic E-state index is 0.399. The van der Waals surface area contributed by atoms with E-state index in [2.05, 4.69) is 25.9 Å². The van der Waals surface area contributed by atoms with Crippen molar-refractivity contribution in [2.45, 2.75) is 20.4 Å². The third-order valence-corrected chi connectivity index (χ3v) is 2.97. The summed E-state index contributed by atoms with van der Waals surface area (Å²) in [5.74, 6) is 1.19. The monoisotopic (exact) mass is 307 g/mol. The quantitative estimate of drug-likeness (QED) is 0.946. The zero-order valence-electron chi connectivity index (χ0n) is 10.3. The number of pyridine rings is 2. The summed E-state index contributed by atoms with van der Waals surface area (Å²) >= 11 is 3.35. The molecule has 0 amide bonds. The van der Waals surface area contributed by atoms with Gasteiger partial charge in [0.05, 0.1) is 6.20 Å². The van der Waals surface area contributed by atoms with Gasteiger partial charge in [-0.05, 0) is 47.5 Å². The number of aromatic nitrogens is 2. The van der Waals surface area contributed by atoms with Crippen LogP contribution in [0.15, 0.2) is 29.0 Å². The molecular weight excluding hydrogens is 294 g/mol. The van der Waals surface area contributed by atoms with E-state index in [-0.39, 0.29) is 0 Å². The summed E-state index contributed by atoms with van der Waals surface area (Å²) < 4.78 is 6.62. The molecule has 2 N–H and O–H groups in total. The van der Waals surface area contributed by atoms with E-state index in [0.29, 0.717) is 18.2 Å². The van der Waals surface area contributed by atoms with E-state index in [1.54, 1.807) is 12.4 Å². The first-order chi connectivity index (χ1) is 8.60. The lowest BCUT2D eigenvalue weighted by Gasteiger charge is -2.12. The second-order valence-corrected chi connectivity index (χ2v) is 4.92. The van der Waals surface area contributed by atoms with E-state index in [9.17, 15) is 0 Å². The van der Waals surface area contributed by atoms with Crippen LogP contribution in [-0.2, 0) is 6.54 Å². The molecule has 0 atom stereocenters. The normalized spacial score (nSPS) is 10.4. The van der Waals surface area contributed by atoms with Crippen molar-refractivity contribution in [3.63, 3.8) is 0 Å². The highest BCUT2D eigenvalue weighted by molar-refractivity contribution is 9.10. The van der Waals surface area contributed by atoms with E-state index < -0.39 is 0 Å². The van der Waals surface area contributed by atoms with E-state index in [0.717, 1.165) is 21.3 Å².